The van der Waals surface area contributed by atoms with Crippen molar-refractivity contribution < 1.29 is 0 Å². The summed E-state index contributed by atoms with van der Waals surface area (Å²) in [4.78, 5) is 0. The summed E-state index contributed by atoms with van der Waals surface area (Å²) in [7, 11) is 0. The van der Waals surface area contributed by atoms with Crippen LogP contribution in [-0.4, -0.2) is 13.1 Å². The SMILES string of the molecule is C=CCNC(CN)c1c(C)cc(C)cc1C. The van der Waals surface area contributed by atoms with Gasteiger partial charge in [0, 0.05) is 19.1 Å². The van der Waals surface area contributed by atoms with Crippen LogP contribution in [0.15, 0.2) is 24.8 Å². The molecule has 0 aromatic heterocycles. The Kier molecular flexibility index (Phi) is 4.71. The number of benzene rings is 1. The Balaban J connectivity index is 3.04. The minimum absolute atomic E-state index is 0.221. The lowest BCUT2D eigenvalue weighted by Gasteiger charge is -2.21. The summed E-state index contributed by atoms with van der Waals surface area (Å²) in [6.45, 7) is 11.5. The molecule has 0 aliphatic rings. The van der Waals surface area contributed by atoms with E-state index in [1.54, 1.807) is 0 Å². The van der Waals surface area contributed by atoms with E-state index in [1.165, 1.54) is 22.3 Å². The maximum Gasteiger partial charge on any atom is 0.0452 e. The summed E-state index contributed by atoms with van der Waals surface area (Å²) < 4.78 is 0. The molecular weight excluding hydrogens is 196 g/mol. The summed E-state index contributed by atoms with van der Waals surface area (Å²) in [6, 6.07) is 4.64. The summed E-state index contributed by atoms with van der Waals surface area (Å²) in [6.07, 6.45) is 1.86. The summed E-state index contributed by atoms with van der Waals surface area (Å²) in [5.74, 6) is 0. The first kappa shape index (κ1) is 12.9. The zero-order valence-corrected chi connectivity index (χ0v) is 10.5. The molecule has 1 aromatic carbocycles. The smallest absolute Gasteiger partial charge is 0.0452 e. The molecule has 0 radical (unpaired) electrons. The highest BCUT2D eigenvalue weighted by atomic mass is 14.9. The molecule has 88 valence electrons. The van der Waals surface area contributed by atoms with Crippen LogP contribution < -0.4 is 11.1 Å². The van der Waals surface area contributed by atoms with Crippen LogP contribution in [0.5, 0.6) is 0 Å². The van der Waals surface area contributed by atoms with Gasteiger partial charge in [-0.15, -0.1) is 6.58 Å². The maximum absolute atomic E-state index is 5.82. The van der Waals surface area contributed by atoms with Gasteiger partial charge in [0.1, 0.15) is 0 Å². The predicted molar refractivity (Wildman–Crippen MR) is 70.6 cm³/mol. The first-order valence-corrected chi connectivity index (χ1v) is 5.72. The predicted octanol–water partition coefficient (Wildman–Crippen LogP) is 2.39. The normalized spacial score (nSPS) is 12.5. The van der Waals surface area contributed by atoms with E-state index >= 15 is 0 Å². The van der Waals surface area contributed by atoms with Crippen LogP contribution in [0.4, 0.5) is 0 Å². The molecule has 0 saturated carbocycles. The van der Waals surface area contributed by atoms with Crippen molar-refractivity contribution in [2.75, 3.05) is 13.1 Å². The Labute approximate surface area is 98.6 Å². The molecule has 0 heterocycles. The average molecular weight is 218 g/mol. The molecular formula is C14H22N2. The number of hydrogen-bond acceptors (Lipinski definition) is 2. The van der Waals surface area contributed by atoms with Gasteiger partial charge in [-0.1, -0.05) is 23.8 Å². The first-order chi connectivity index (χ1) is 7.60. The fourth-order valence-corrected chi connectivity index (χ4v) is 2.27. The van der Waals surface area contributed by atoms with Gasteiger partial charge in [-0.3, -0.25) is 0 Å². The lowest BCUT2D eigenvalue weighted by molar-refractivity contribution is 0.572. The second-order valence-electron chi connectivity index (χ2n) is 4.30. The second-order valence-corrected chi connectivity index (χ2v) is 4.30. The molecule has 0 aliphatic heterocycles. The van der Waals surface area contributed by atoms with E-state index in [4.69, 9.17) is 5.73 Å². The molecule has 0 spiro atoms. The molecule has 0 fully saturated rings. The molecule has 1 rings (SSSR count). The number of nitrogens with one attached hydrogen (secondary N) is 1. The van der Waals surface area contributed by atoms with Crippen LogP contribution in [0.1, 0.15) is 28.3 Å². The summed E-state index contributed by atoms with van der Waals surface area (Å²) in [5.41, 5.74) is 11.1. The van der Waals surface area contributed by atoms with Crippen LogP contribution >= 0.6 is 0 Å². The molecule has 0 bridgehead atoms. The van der Waals surface area contributed by atoms with Crippen LogP contribution in [0.25, 0.3) is 0 Å². The lowest BCUT2D eigenvalue weighted by Crippen LogP contribution is -2.29. The van der Waals surface area contributed by atoms with Crippen molar-refractivity contribution in [1.82, 2.24) is 5.32 Å². The maximum atomic E-state index is 5.82. The fraction of sp³-hybridized carbons (Fsp3) is 0.429. The third-order valence-electron chi connectivity index (χ3n) is 2.83. The molecule has 1 atom stereocenters. The molecule has 3 N–H and O–H groups in total. The van der Waals surface area contributed by atoms with E-state index < -0.39 is 0 Å². The molecule has 0 amide bonds. The number of nitrogens with two attached hydrogens (primary N) is 1. The molecule has 0 aliphatic carbocycles. The van der Waals surface area contributed by atoms with Crippen molar-refractivity contribution in [3.05, 3.63) is 47.0 Å². The third kappa shape index (κ3) is 2.94. The Morgan fingerprint density at radius 2 is 1.88 bits per heavy atom. The zero-order chi connectivity index (χ0) is 12.1. The van der Waals surface area contributed by atoms with Gasteiger partial charge in [0.2, 0.25) is 0 Å². The van der Waals surface area contributed by atoms with E-state index in [-0.39, 0.29) is 6.04 Å². The second kappa shape index (κ2) is 5.83. The van der Waals surface area contributed by atoms with Gasteiger partial charge in [-0.05, 0) is 37.5 Å². The Morgan fingerprint density at radius 3 is 2.31 bits per heavy atom. The molecule has 2 nitrogen and oxygen atoms in total. The summed E-state index contributed by atoms with van der Waals surface area (Å²) in [5, 5.41) is 3.39. The van der Waals surface area contributed by atoms with Crippen molar-refractivity contribution >= 4 is 0 Å². The standard InChI is InChI=1S/C14H22N2/c1-5-6-16-13(9-15)14-11(3)7-10(2)8-12(14)4/h5,7-8,13,16H,1,6,9,15H2,2-4H3. The molecule has 16 heavy (non-hydrogen) atoms. The minimum Gasteiger partial charge on any atom is -0.329 e. The number of rotatable bonds is 5. The summed E-state index contributed by atoms with van der Waals surface area (Å²) >= 11 is 0. The zero-order valence-electron chi connectivity index (χ0n) is 10.5. The van der Waals surface area contributed by atoms with Gasteiger partial charge >= 0.3 is 0 Å². The van der Waals surface area contributed by atoms with E-state index in [9.17, 15) is 0 Å². The molecule has 1 aromatic rings. The van der Waals surface area contributed by atoms with Gasteiger partial charge in [-0.2, -0.15) is 0 Å². The number of hydrogen-bond donors (Lipinski definition) is 2. The van der Waals surface area contributed by atoms with E-state index in [2.05, 4.69) is 44.8 Å². The van der Waals surface area contributed by atoms with Crippen LogP contribution in [0.3, 0.4) is 0 Å². The van der Waals surface area contributed by atoms with Gasteiger partial charge in [0.05, 0.1) is 0 Å². The lowest BCUT2D eigenvalue weighted by atomic mass is 9.94. The molecule has 0 saturated heterocycles. The highest BCUT2D eigenvalue weighted by Gasteiger charge is 2.13. The van der Waals surface area contributed by atoms with E-state index in [1.807, 2.05) is 6.08 Å². The minimum atomic E-state index is 0.221. The Bertz CT molecular complexity index is 346. The number of aryl methyl sites for hydroxylation is 3. The third-order valence-corrected chi connectivity index (χ3v) is 2.83. The Morgan fingerprint density at radius 1 is 1.31 bits per heavy atom. The van der Waals surface area contributed by atoms with Crippen LogP contribution in [0, 0.1) is 20.8 Å². The van der Waals surface area contributed by atoms with Crippen molar-refractivity contribution in [1.29, 1.82) is 0 Å². The van der Waals surface area contributed by atoms with Crippen molar-refractivity contribution in [2.24, 2.45) is 5.73 Å². The van der Waals surface area contributed by atoms with Crippen molar-refractivity contribution in [2.45, 2.75) is 26.8 Å². The Hall–Kier alpha value is -1.12. The monoisotopic (exact) mass is 218 g/mol. The van der Waals surface area contributed by atoms with Gasteiger partial charge < -0.3 is 11.1 Å². The first-order valence-electron chi connectivity index (χ1n) is 5.72. The highest BCUT2D eigenvalue weighted by molar-refractivity contribution is 5.39. The topological polar surface area (TPSA) is 38.0 Å². The van der Waals surface area contributed by atoms with Gasteiger partial charge in [0.25, 0.3) is 0 Å². The largest absolute Gasteiger partial charge is 0.329 e. The van der Waals surface area contributed by atoms with Gasteiger partial charge in [-0.25, -0.2) is 0 Å². The van der Waals surface area contributed by atoms with E-state index in [0.717, 1.165) is 6.54 Å². The highest BCUT2D eigenvalue weighted by Crippen LogP contribution is 2.22. The average Bonchev–Trinajstić information content (AvgIpc) is 2.21. The van der Waals surface area contributed by atoms with Crippen molar-refractivity contribution in [3.8, 4) is 0 Å². The quantitative estimate of drug-likeness (QED) is 0.745. The molecule has 1 unspecified atom stereocenters. The van der Waals surface area contributed by atoms with Crippen LogP contribution in [0.2, 0.25) is 0 Å². The molecule has 2 heteroatoms. The van der Waals surface area contributed by atoms with Gasteiger partial charge in [0.15, 0.2) is 0 Å². The van der Waals surface area contributed by atoms with Crippen LogP contribution in [-0.2, 0) is 0 Å². The fourth-order valence-electron chi connectivity index (χ4n) is 2.27. The van der Waals surface area contributed by atoms with E-state index in [0.29, 0.717) is 6.54 Å². The van der Waals surface area contributed by atoms with Crippen molar-refractivity contribution in [3.63, 3.8) is 0 Å².